The molecule has 20 heavy (non-hydrogen) atoms. The minimum atomic E-state index is -0.136. The Bertz CT molecular complexity index is 435. The number of rotatable bonds is 5. The van der Waals surface area contributed by atoms with Crippen LogP contribution in [0, 0.1) is 0 Å². The Hall–Kier alpha value is -0.910. The van der Waals surface area contributed by atoms with Gasteiger partial charge < -0.3 is 9.47 Å². The Balaban J connectivity index is 1.82. The number of carbonyl (C=O) groups excluding carboxylic acids is 1. The van der Waals surface area contributed by atoms with Crippen LogP contribution in [0.25, 0.3) is 0 Å². The summed E-state index contributed by atoms with van der Waals surface area (Å²) in [5, 5.41) is 0. The molecule has 1 aliphatic rings. The maximum absolute atomic E-state index is 11.1. The van der Waals surface area contributed by atoms with Crippen LogP contribution in [0.2, 0.25) is 0 Å². The zero-order valence-electron chi connectivity index (χ0n) is 11.7. The molecule has 1 saturated heterocycles. The summed E-state index contributed by atoms with van der Waals surface area (Å²) in [6, 6.07) is 8.25. The molecule has 1 aromatic carbocycles. The van der Waals surface area contributed by atoms with Gasteiger partial charge >= 0.3 is 5.97 Å². The van der Waals surface area contributed by atoms with Gasteiger partial charge in [-0.2, -0.15) is 0 Å². The van der Waals surface area contributed by atoms with Crippen molar-refractivity contribution in [3.63, 3.8) is 0 Å². The lowest BCUT2D eigenvalue weighted by atomic mass is 10.1. The van der Waals surface area contributed by atoms with Crippen molar-refractivity contribution < 1.29 is 14.3 Å². The van der Waals surface area contributed by atoms with Crippen molar-refractivity contribution in [1.29, 1.82) is 0 Å². The molecule has 1 aromatic rings. The third-order valence-corrected chi connectivity index (χ3v) is 4.00. The molecule has 0 spiro atoms. The number of halogens is 1. The number of esters is 1. The Morgan fingerprint density at radius 3 is 2.90 bits per heavy atom. The molecule has 1 aliphatic heterocycles. The molecule has 2 rings (SSSR count). The van der Waals surface area contributed by atoms with Crippen LogP contribution in [-0.2, 0) is 14.3 Å². The largest absolute Gasteiger partial charge is 0.469 e. The first-order valence-electron chi connectivity index (χ1n) is 6.85. The number of hydrogen-bond donors (Lipinski definition) is 0. The monoisotopic (exact) mass is 341 g/mol. The van der Waals surface area contributed by atoms with Gasteiger partial charge in [0.1, 0.15) is 0 Å². The number of benzene rings is 1. The van der Waals surface area contributed by atoms with E-state index in [0.29, 0.717) is 6.42 Å². The predicted octanol–water partition coefficient (Wildman–Crippen LogP) is 2.78. The highest BCUT2D eigenvalue weighted by atomic mass is 79.9. The Labute approximate surface area is 128 Å². The number of nitrogens with zero attached hydrogens (tertiary/aromatic N) is 1. The third kappa shape index (κ3) is 4.58. The summed E-state index contributed by atoms with van der Waals surface area (Å²) < 4.78 is 11.6. The number of morpholine rings is 1. The van der Waals surface area contributed by atoms with Gasteiger partial charge in [0.15, 0.2) is 0 Å². The van der Waals surface area contributed by atoms with Crippen LogP contribution >= 0.6 is 15.9 Å². The molecule has 4 nitrogen and oxygen atoms in total. The van der Waals surface area contributed by atoms with Crippen LogP contribution in [0.15, 0.2) is 28.7 Å². The number of carbonyl (C=O) groups is 1. The van der Waals surface area contributed by atoms with Crippen LogP contribution in [-0.4, -0.2) is 44.2 Å². The highest BCUT2D eigenvalue weighted by Crippen LogP contribution is 2.23. The van der Waals surface area contributed by atoms with E-state index in [0.717, 1.165) is 37.1 Å². The highest BCUT2D eigenvalue weighted by molar-refractivity contribution is 9.10. The summed E-state index contributed by atoms with van der Waals surface area (Å²) >= 11 is 3.44. The molecule has 1 atom stereocenters. The van der Waals surface area contributed by atoms with Crippen molar-refractivity contribution in [1.82, 2.24) is 4.90 Å². The summed E-state index contributed by atoms with van der Waals surface area (Å²) in [4.78, 5) is 13.4. The third-order valence-electron chi connectivity index (χ3n) is 3.48. The summed E-state index contributed by atoms with van der Waals surface area (Å²) in [5.41, 5.74) is 1.20. The van der Waals surface area contributed by atoms with Crippen LogP contribution < -0.4 is 0 Å². The van der Waals surface area contributed by atoms with Gasteiger partial charge in [0.05, 0.1) is 19.8 Å². The van der Waals surface area contributed by atoms with E-state index in [4.69, 9.17) is 4.74 Å². The SMILES string of the molecule is COC(=O)CCCN1CCOC(c2ccc(Br)cc2)C1. The quantitative estimate of drug-likeness (QED) is 0.772. The second-order valence-corrected chi connectivity index (χ2v) is 5.81. The minimum Gasteiger partial charge on any atom is -0.469 e. The van der Waals surface area contributed by atoms with Gasteiger partial charge in [-0.3, -0.25) is 9.69 Å². The molecule has 1 heterocycles. The fraction of sp³-hybridized carbons (Fsp3) is 0.533. The molecule has 0 radical (unpaired) electrons. The summed E-state index contributed by atoms with van der Waals surface area (Å²) in [6.45, 7) is 3.45. The van der Waals surface area contributed by atoms with Gasteiger partial charge in [-0.25, -0.2) is 0 Å². The first-order chi connectivity index (χ1) is 9.69. The molecule has 1 fully saturated rings. The summed E-state index contributed by atoms with van der Waals surface area (Å²) in [5.74, 6) is -0.136. The number of hydrogen-bond acceptors (Lipinski definition) is 4. The van der Waals surface area contributed by atoms with Gasteiger partial charge in [-0.1, -0.05) is 28.1 Å². The lowest BCUT2D eigenvalue weighted by Crippen LogP contribution is -2.39. The average Bonchev–Trinajstić information content (AvgIpc) is 2.48. The van der Waals surface area contributed by atoms with Crippen molar-refractivity contribution in [3.05, 3.63) is 34.3 Å². The highest BCUT2D eigenvalue weighted by Gasteiger charge is 2.21. The zero-order valence-corrected chi connectivity index (χ0v) is 13.3. The normalized spacial score (nSPS) is 19.8. The van der Waals surface area contributed by atoms with E-state index in [-0.39, 0.29) is 12.1 Å². The van der Waals surface area contributed by atoms with Crippen molar-refractivity contribution in [2.24, 2.45) is 0 Å². The smallest absolute Gasteiger partial charge is 0.305 e. The van der Waals surface area contributed by atoms with Gasteiger partial charge in [-0.15, -0.1) is 0 Å². The predicted molar refractivity (Wildman–Crippen MR) is 80.5 cm³/mol. The van der Waals surface area contributed by atoms with E-state index in [1.54, 1.807) is 0 Å². The molecule has 0 saturated carbocycles. The fourth-order valence-electron chi connectivity index (χ4n) is 2.33. The van der Waals surface area contributed by atoms with Crippen molar-refractivity contribution in [3.8, 4) is 0 Å². The molecule has 0 amide bonds. The molecule has 110 valence electrons. The minimum absolute atomic E-state index is 0.120. The molecule has 0 bridgehead atoms. The van der Waals surface area contributed by atoms with Gasteiger partial charge in [-0.05, 0) is 30.7 Å². The van der Waals surface area contributed by atoms with E-state index in [1.165, 1.54) is 12.7 Å². The van der Waals surface area contributed by atoms with Gasteiger partial charge in [0.2, 0.25) is 0 Å². The molecule has 1 unspecified atom stereocenters. The van der Waals surface area contributed by atoms with Crippen LogP contribution in [0.4, 0.5) is 0 Å². The molecular weight excluding hydrogens is 322 g/mol. The maximum atomic E-state index is 11.1. The van der Waals surface area contributed by atoms with Crippen LogP contribution in [0.5, 0.6) is 0 Å². The summed E-state index contributed by atoms with van der Waals surface area (Å²) in [6.07, 6.45) is 1.44. The lowest BCUT2D eigenvalue weighted by Gasteiger charge is -2.33. The standard InChI is InChI=1S/C15H20BrNO3/c1-19-15(18)3-2-8-17-9-10-20-14(11-17)12-4-6-13(16)7-5-12/h4-7,14H,2-3,8-11H2,1H3. The Kier molecular flexibility index (Phi) is 6.01. The summed E-state index contributed by atoms with van der Waals surface area (Å²) in [7, 11) is 1.43. The number of ether oxygens (including phenoxy) is 2. The van der Waals surface area contributed by atoms with Crippen LogP contribution in [0.1, 0.15) is 24.5 Å². The topological polar surface area (TPSA) is 38.8 Å². The van der Waals surface area contributed by atoms with E-state index < -0.39 is 0 Å². The van der Waals surface area contributed by atoms with E-state index >= 15 is 0 Å². The second-order valence-electron chi connectivity index (χ2n) is 4.89. The molecular formula is C15H20BrNO3. The average molecular weight is 342 g/mol. The Morgan fingerprint density at radius 2 is 2.20 bits per heavy atom. The van der Waals surface area contributed by atoms with E-state index in [9.17, 15) is 4.79 Å². The molecule has 5 heteroatoms. The van der Waals surface area contributed by atoms with E-state index in [1.807, 2.05) is 12.1 Å². The van der Waals surface area contributed by atoms with Crippen LogP contribution in [0.3, 0.4) is 0 Å². The van der Waals surface area contributed by atoms with Gasteiger partial charge in [0, 0.05) is 24.0 Å². The lowest BCUT2D eigenvalue weighted by molar-refractivity contribution is -0.140. The van der Waals surface area contributed by atoms with Gasteiger partial charge in [0.25, 0.3) is 0 Å². The van der Waals surface area contributed by atoms with Crippen molar-refractivity contribution >= 4 is 21.9 Å². The van der Waals surface area contributed by atoms with Crippen molar-refractivity contribution in [2.45, 2.75) is 18.9 Å². The van der Waals surface area contributed by atoms with Crippen molar-refractivity contribution in [2.75, 3.05) is 33.4 Å². The first kappa shape index (κ1) is 15.5. The molecule has 0 N–H and O–H groups in total. The second kappa shape index (κ2) is 7.76. The van der Waals surface area contributed by atoms with E-state index in [2.05, 4.69) is 37.7 Å². The zero-order chi connectivity index (χ0) is 14.4. The Morgan fingerprint density at radius 1 is 1.45 bits per heavy atom. The molecule has 0 aromatic heterocycles. The maximum Gasteiger partial charge on any atom is 0.305 e. The number of methoxy groups -OCH3 is 1. The fourth-order valence-corrected chi connectivity index (χ4v) is 2.60. The molecule has 0 aliphatic carbocycles. The first-order valence-corrected chi connectivity index (χ1v) is 7.64.